The molecule has 0 aliphatic carbocycles. The van der Waals surface area contributed by atoms with Gasteiger partial charge in [-0.15, -0.1) is 0 Å². The van der Waals surface area contributed by atoms with E-state index in [1.807, 2.05) is 44.3 Å². The van der Waals surface area contributed by atoms with E-state index in [2.05, 4.69) is 25.8 Å². The number of hydrogen-bond acceptors (Lipinski definition) is 2. The molecule has 1 aromatic rings. The van der Waals surface area contributed by atoms with Crippen molar-refractivity contribution in [2.45, 2.75) is 54.4 Å². The summed E-state index contributed by atoms with van der Waals surface area (Å²) in [5.41, 5.74) is 3.72. The van der Waals surface area contributed by atoms with Gasteiger partial charge in [-0.3, -0.25) is 4.79 Å². The average molecular weight is 290 g/mol. The van der Waals surface area contributed by atoms with Gasteiger partial charge in [-0.1, -0.05) is 26.7 Å². The second-order valence-electron chi connectivity index (χ2n) is 5.33. The minimum absolute atomic E-state index is 0.104. The maximum Gasteiger partial charge on any atom is 0.160 e. The molecular weight excluding hydrogens is 260 g/mol. The predicted octanol–water partition coefficient (Wildman–Crippen LogP) is 4.92. The number of nitrogens with zero attached hydrogens (tertiary/aromatic N) is 2. The SMILES string of the molecule is CCCC.CCN(C)C=Nc1cc(C)c(C(C)=O)cc1C. The fraction of sp³-hybridized carbons (Fsp3) is 0.556. The van der Waals surface area contributed by atoms with E-state index in [-0.39, 0.29) is 5.78 Å². The summed E-state index contributed by atoms with van der Waals surface area (Å²) < 4.78 is 0. The number of aliphatic imine (C=N–C) groups is 1. The van der Waals surface area contributed by atoms with Gasteiger partial charge in [0.15, 0.2) is 5.78 Å². The molecular formula is C18H30N2O. The number of rotatable bonds is 5. The van der Waals surface area contributed by atoms with E-state index in [9.17, 15) is 4.79 Å². The summed E-state index contributed by atoms with van der Waals surface area (Å²) in [6.45, 7) is 12.9. The smallest absolute Gasteiger partial charge is 0.160 e. The van der Waals surface area contributed by atoms with Crippen molar-refractivity contribution in [2.24, 2.45) is 4.99 Å². The largest absolute Gasteiger partial charge is 0.366 e. The minimum atomic E-state index is 0.104. The molecule has 0 aliphatic heterocycles. The summed E-state index contributed by atoms with van der Waals surface area (Å²) in [6, 6.07) is 3.88. The van der Waals surface area contributed by atoms with Gasteiger partial charge in [-0.05, 0) is 51.0 Å². The molecule has 1 rings (SSSR count). The standard InChI is InChI=1S/C14H20N2O.C4H10/c1-6-16(5)9-15-14-8-10(2)13(12(4)17)7-11(14)3;1-3-4-2/h7-9H,6H2,1-5H3;3-4H2,1-2H3. The zero-order valence-electron chi connectivity index (χ0n) is 14.7. The van der Waals surface area contributed by atoms with Gasteiger partial charge in [-0.25, -0.2) is 4.99 Å². The number of aryl methyl sites for hydroxylation is 2. The summed E-state index contributed by atoms with van der Waals surface area (Å²) in [6.07, 6.45) is 4.45. The molecule has 3 nitrogen and oxygen atoms in total. The van der Waals surface area contributed by atoms with E-state index in [1.54, 1.807) is 6.92 Å². The molecule has 0 heterocycles. The Morgan fingerprint density at radius 1 is 1.14 bits per heavy atom. The second kappa shape index (κ2) is 10.1. The van der Waals surface area contributed by atoms with Crippen LogP contribution in [0.15, 0.2) is 17.1 Å². The van der Waals surface area contributed by atoms with Crippen LogP contribution in [0.25, 0.3) is 0 Å². The van der Waals surface area contributed by atoms with Gasteiger partial charge in [0.1, 0.15) is 0 Å². The number of ketones is 1. The minimum Gasteiger partial charge on any atom is -0.366 e. The summed E-state index contributed by atoms with van der Waals surface area (Å²) >= 11 is 0. The lowest BCUT2D eigenvalue weighted by molar-refractivity contribution is 0.101. The molecule has 0 spiro atoms. The van der Waals surface area contributed by atoms with Crippen LogP contribution in [0.2, 0.25) is 0 Å². The molecule has 0 N–H and O–H groups in total. The van der Waals surface area contributed by atoms with Crippen molar-refractivity contribution in [1.29, 1.82) is 0 Å². The highest BCUT2D eigenvalue weighted by atomic mass is 16.1. The van der Waals surface area contributed by atoms with Crippen molar-refractivity contribution in [1.82, 2.24) is 4.90 Å². The van der Waals surface area contributed by atoms with Crippen LogP contribution in [0.1, 0.15) is 62.0 Å². The molecule has 0 atom stereocenters. The van der Waals surface area contributed by atoms with Crippen molar-refractivity contribution in [3.8, 4) is 0 Å². The molecule has 0 aromatic heterocycles. The summed E-state index contributed by atoms with van der Waals surface area (Å²) in [7, 11) is 1.98. The van der Waals surface area contributed by atoms with Crippen molar-refractivity contribution in [2.75, 3.05) is 13.6 Å². The molecule has 0 saturated heterocycles. The highest BCUT2D eigenvalue weighted by Crippen LogP contribution is 2.23. The van der Waals surface area contributed by atoms with Crippen molar-refractivity contribution in [3.05, 3.63) is 28.8 Å². The summed E-state index contributed by atoms with van der Waals surface area (Å²) in [5.74, 6) is 0.104. The van der Waals surface area contributed by atoms with Crippen LogP contribution in [0.3, 0.4) is 0 Å². The highest BCUT2D eigenvalue weighted by molar-refractivity contribution is 5.96. The molecule has 0 unspecified atom stereocenters. The first-order valence-electron chi connectivity index (χ1n) is 7.73. The van der Waals surface area contributed by atoms with Gasteiger partial charge in [0.2, 0.25) is 0 Å². The van der Waals surface area contributed by atoms with E-state index in [0.29, 0.717) is 0 Å². The predicted molar refractivity (Wildman–Crippen MR) is 93.0 cm³/mol. The van der Waals surface area contributed by atoms with Crippen molar-refractivity contribution >= 4 is 17.8 Å². The van der Waals surface area contributed by atoms with Crippen LogP contribution >= 0.6 is 0 Å². The van der Waals surface area contributed by atoms with E-state index in [1.165, 1.54) is 12.8 Å². The lowest BCUT2D eigenvalue weighted by Gasteiger charge is -2.10. The Labute approximate surface area is 130 Å². The number of hydrogen-bond donors (Lipinski definition) is 0. The van der Waals surface area contributed by atoms with E-state index >= 15 is 0 Å². The Bertz CT molecular complexity index is 476. The van der Waals surface area contributed by atoms with Crippen LogP contribution < -0.4 is 0 Å². The topological polar surface area (TPSA) is 32.7 Å². The Balaban J connectivity index is 0.000000885. The second-order valence-corrected chi connectivity index (χ2v) is 5.33. The average Bonchev–Trinajstić information content (AvgIpc) is 2.47. The zero-order valence-corrected chi connectivity index (χ0v) is 14.7. The van der Waals surface area contributed by atoms with Gasteiger partial charge in [0.05, 0.1) is 12.0 Å². The third-order valence-corrected chi connectivity index (χ3v) is 3.31. The highest BCUT2D eigenvalue weighted by Gasteiger charge is 2.07. The Kier molecular flexibility index (Phi) is 9.35. The van der Waals surface area contributed by atoms with E-state index in [0.717, 1.165) is 28.9 Å². The third-order valence-electron chi connectivity index (χ3n) is 3.31. The lowest BCUT2D eigenvalue weighted by Crippen LogP contribution is -2.14. The molecule has 21 heavy (non-hydrogen) atoms. The maximum absolute atomic E-state index is 11.4. The molecule has 0 saturated carbocycles. The van der Waals surface area contributed by atoms with Gasteiger partial charge in [-0.2, -0.15) is 0 Å². The van der Waals surface area contributed by atoms with Crippen molar-refractivity contribution < 1.29 is 4.79 Å². The first kappa shape index (κ1) is 19.4. The molecule has 0 bridgehead atoms. The van der Waals surface area contributed by atoms with Crippen LogP contribution in [-0.4, -0.2) is 30.6 Å². The van der Waals surface area contributed by atoms with Gasteiger partial charge in [0.25, 0.3) is 0 Å². The summed E-state index contributed by atoms with van der Waals surface area (Å²) in [5, 5.41) is 0. The quantitative estimate of drug-likeness (QED) is 0.438. The molecule has 0 amide bonds. The van der Waals surface area contributed by atoms with Gasteiger partial charge >= 0.3 is 0 Å². The van der Waals surface area contributed by atoms with E-state index < -0.39 is 0 Å². The van der Waals surface area contributed by atoms with Gasteiger partial charge < -0.3 is 4.90 Å². The Morgan fingerprint density at radius 2 is 1.71 bits per heavy atom. The molecule has 118 valence electrons. The van der Waals surface area contributed by atoms with E-state index in [4.69, 9.17) is 0 Å². The third kappa shape index (κ3) is 7.07. The van der Waals surface area contributed by atoms with Crippen LogP contribution in [0, 0.1) is 13.8 Å². The first-order chi connectivity index (χ1) is 9.87. The number of unbranched alkanes of at least 4 members (excludes halogenated alkanes) is 1. The molecule has 0 radical (unpaired) electrons. The molecule has 3 heteroatoms. The monoisotopic (exact) mass is 290 g/mol. The Morgan fingerprint density at radius 3 is 2.14 bits per heavy atom. The lowest BCUT2D eigenvalue weighted by atomic mass is 10.0. The molecule has 1 aromatic carbocycles. The number of benzene rings is 1. The Hall–Kier alpha value is -1.64. The summed E-state index contributed by atoms with van der Waals surface area (Å²) in [4.78, 5) is 17.8. The van der Waals surface area contributed by atoms with Crippen LogP contribution in [0.4, 0.5) is 5.69 Å². The fourth-order valence-electron chi connectivity index (χ4n) is 1.56. The number of Topliss-reactive ketones (excluding diaryl/α,β-unsaturated/α-hetero) is 1. The number of carbonyl (C=O) groups is 1. The van der Waals surface area contributed by atoms with Crippen molar-refractivity contribution in [3.63, 3.8) is 0 Å². The first-order valence-corrected chi connectivity index (χ1v) is 7.73. The maximum atomic E-state index is 11.4. The fourth-order valence-corrected chi connectivity index (χ4v) is 1.56. The normalized spacial score (nSPS) is 10.2. The van der Waals surface area contributed by atoms with Crippen LogP contribution in [-0.2, 0) is 0 Å². The van der Waals surface area contributed by atoms with Gasteiger partial charge in [0, 0.05) is 19.2 Å². The van der Waals surface area contributed by atoms with Crippen LogP contribution in [0.5, 0.6) is 0 Å². The zero-order chi connectivity index (χ0) is 16.4. The number of carbonyl (C=O) groups excluding carboxylic acids is 1. The molecule has 0 aliphatic rings. The molecule has 0 fully saturated rings.